The molecule has 1 rings (SSSR count). The predicted molar refractivity (Wildman–Crippen MR) is 62.8 cm³/mol. The molecule has 0 saturated heterocycles. The van der Waals surface area contributed by atoms with E-state index in [1.54, 1.807) is 0 Å². The van der Waals surface area contributed by atoms with Crippen molar-refractivity contribution in [3.05, 3.63) is 35.4 Å². The van der Waals surface area contributed by atoms with Gasteiger partial charge in [0.05, 0.1) is 0 Å². The molecule has 0 atom stereocenters. The summed E-state index contributed by atoms with van der Waals surface area (Å²) in [4.78, 5) is 11.4. The first-order valence-electron chi connectivity index (χ1n) is 4.56. The van der Waals surface area contributed by atoms with Crippen molar-refractivity contribution in [1.82, 2.24) is 0 Å². The molecule has 0 fully saturated rings. The van der Waals surface area contributed by atoms with E-state index in [4.69, 9.17) is 11.6 Å². The van der Waals surface area contributed by atoms with Gasteiger partial charge in [-0.3, -0.25) is 4.79 Å². The summed E-state index contributed by atoms with van der Waals surface area (Å²) in [6, 6.07) is 7.81. The molecule has 0 N–H and O–H groups in total. The molecule has 0 aliphatic carbocycles. The van der Waals surface area contributed by atoms with Crippen LogP contribution >= 0.6 is 23.4 Å². The minimum absolute atomic E-state index is 0.213. The third-order valence-corrected chi connectivity index (χ3v) is 2.95. The molecule has 0 saturated carbocycles. The van der Waals surface area contributed by atoms with Crippen LogP contribution in [0.5, 0.6) is 0 Å². The first kappa shape index (κ1) is 11.6. The molecule has 0 spiro atoms. The lowest BCUT2D eigenvalue weighted by molar-refractivity contribution is -0.110. The number of alkyl halides is 1. The quantitative estimate of drug-likeness (QED) is 0.736. The third kappa shape index (κ3) is 3.35. The summed E-state index contributed by atoms with van der Waals surface area (Å²) in [5.74, 6) is 1.31. The summed E-state index contributed by atoms with van der Waals surface area (Å²) in [7, 11) is 0. The standard InChI is InChI=1S/C11H13ClOS/c1-2-14-11(13)7-9-5-3-4-6-10(9)8-12/h3-6H,2,7-8H2,1H3. The second-order valence-corrected chi connectivity index (χ2v) is 4.47. The number of benzene rings is 1. The summed E-state index contributed by atoms with van der Waals surface area (Å²) in [6.45, 7) is 1.98. The van der Waals surface area contributed by atoms with Crippen molar-refractivity contribution in [2.75, 3.05) is 5.75 Å². The average molecular weight is 229 g/mol. The Hall–Kier alpha value is -0.470. The molecular formula is C11H13ClOS. The van der Waals surface area contributed by atoms with Crippen LogP contribution in [0.2, 0.25) is 0 Å². The monoisotopic (exact) mass is 228 g/mol. The van der Waals surface area contributed by atoms with Gasteiger partial charge in [-0.1, -0.05) is 43.0 Å². The molecule has 1 aromatic carbocycles. The second kappa shape index (κ2) is 6.10. The van der Waals surface area contributed by atoms with Gasteiger partial charge in [-0.2, -0.15) is 0 Å². The number of carbonyl (C=O) groups is 1. The van der Waals surface area contributed by atoms with Crippen LogP contribution in [0.3, 0.4) is 0 Å². The van der Waals surface area contributed by atoms with Gasteiger partial charge in [-0.05, 0) is 16.9 Å². The summed E-state index contributed by atoms with van der Waals surface area (Å²) >= 11 is 7.14. The van der Waals surface area contributed by atoms with E-state index in [0.29, 0.717) is 12.3 Å². The molecule has 0 unspecified atom stereocenters. The van der Waals surface area contributed by atoms with Crippen molar-refractivity contribution in [3.8, 4) is 0 Å². The Morgan fingerprint density at radius 1 is 1.36 bits per heavy atom. The molecule has 14 heavy (non-hydrogen) atoms. The van der Waals surface area contributed by atoms with Crippen molar-refractivity contribution in [2.45, 2.75) is 19.2 Å². The van der Waals surface area contributed by atoms with Gasteiger partial charge in [-0.25, -0.2) is 0 Å². The fourth-order valence-corrected chi connectivity index (χ4v) is 2.07. The molecule has 0 radical (unpaired) electrons. The number of thioether (sulfide) groups is 1. The molecule has 1 aromatic rings. The Morgan fingerprint density at radius 3 is 2.57 bits per heavy atom. The van der Waals surface area contributed by atoms with Crippen LogP contribution in [-0.2, 0) is 17.1 Å². The highest BCUT2D eigenvalue weighted by Gasteiger charge is 2.06. The molecule has 0 aliphatic heterocycles. The Kier molecular flexibility index (Phi) is 5.05. The van der Waals surface area contributed by atoms with Crippen LogP contribution < -0.4 is 0 Å². The van der Waals surface area contributed by atoms with Crippen LogP contribution in [0.4, 0.5) is 0 Å². The average Bonchev–Trinajstić information content (AvgIpc) is 2.19. The van der Waals surface area contributed by atoms with Gasteiger partial charge in [0.2, 0.25) is 0 Å². The normalized spacial score (nSPS) is 10.1. The van der Waals surface area contributed by atoms with Crippen molar-refractivity contribution in [2.24, 2.45) is 0 Å². The Labute approximate surface area is 93.8 Å². The zero-order valence-corrected chi connectivity index (χ0v) is 9.70. The zero-order valence-electron chi connectivity index (χ0n) is 8.13. The van der Waals surface area contributed by atoms with Crippen molar-refractivity contribution < 1.29 is 4.79 Å². The van der Waals surface area contributed by atoms with Crippen LogP contribution in [0.25, 0.3) is 0 Å². The van der Waals surface area contributed by atoms with E-state index in [2.05, 4.69) is 0 Å². The van der Waals surface area contributed by atoms with E-state index in [-0.39, 0.29) is 5.12 Å². The summed E-state index contributed by atoms with van der Waals surface area (Å²) in [6.07, 6.45) is 0.487. The Balaban J connectivity index is 2.70. The van der Waals surface area contributed by atoms with Crippen LogP contribution in [-0.4, -0.2) is 10.9 Å². The van der Waals surface area contributed by atoms with Gasteiger partial charge in [-0.15, -0.1) is 11.6 Å². The van der Waals surface area contributed by atoms with E-state index >= 15 is 0 Å². The van der Waals surface area contributed by atoms with E-state index in [1.165, 1.54) is 11.8 Å². The number of carbonyl (C=O) groups excluding carboxylic acids is 1. The first-order chi connectivity index (χ1) is 6.77. The van der Waals surface area contributed by atoms with Gasteiger partial charge < -0.3 is 0 Å². The van der Waals surface area contributed by atoms with Gasteiger partial charge in [0.1, 0.15) is 0 Å². The molecule has 0 aromatic heterocycles. The summed E-state index contributed by atoms with van der Waals surface area (Å²) in [5.41, 5.74) is 2.10. The minimum atomic E-state index is 0.213. The van der Waals surface area contributed by atoms with Crippen molar-refractivity contribution in [3.63, 3.8) is 0 Å². The van der Waals surface area contributed by atoms with Gasteiger partial charge in [0.25, 0.3) is 0 Å². The third-order valence-electron chi connectivity index (χ3n) is 1.90. The van der Waals surface area contributed by atoms with E-state index in [0.717, 1.165) is 16.9 Å². The van der Waals surface area contributed by atoms with Crippen LogP contribution in [0, 0.1) is 0 Å². The van der Waals surface area contributed by atoms with Gasteiger partial charge in [0.15, 0.2) is 5.12 Å². The van der Waals surface area contributed by atoms with E-state index in [1.807, 2.05) is 31.2 Å². The number of rotatable bonds is 4. The minimum Gasteiger partial charge on any atom is -0.287 e. The summed E-state index contributed by atoms with van der Waals surface area (Å²) in [5, 5.41) is 0.213. The number of hydrogen-bond acceptors (Lipinski definition) is 2. The zero-order chi connectivity index (χ0) is 10.4. The smallest absolute Gasteiger partial charge is 0.193 e. The van der Waals surface area contributed by atoms with Crippen molar-refractivity contribution >= 4 is 28.5 Å². The molecule has 0 aliphatic rings. The molecule has 1 nitrogen and oxygen atoms in total. The molecule has 76 valence electrons. The topological polar surface area (TPSA) is 17.1 Å². The summed E-state index contributed by atoms with van der Waals surface area (Å²) < 4.78 is 0. The highest BCUT2D eigenvalue weighted by Crippen LogP contribution is 2.15. The SMILES string of the molecule is CCSC(=O)Cc1ccccc1CCl. The van der Waals surface area contributed by atoms with Crippen LogP contribution in [0.1, 0.15) is 18.1 Å². The van der Waals surface area contributed by atoms with Crippen molar-refractivity contribution in [1.29, 1.82) is 0 Å². The molecule has 0 bridgehead atoms. The maximum atomic E-state index is 11.4. The van der Waals surface area contributed by atoms with Gasteiger partial charge >= 0.3 is 0 Å². The largest absolute Gasteiger partial charge is 0.287 e. The molecule has 0 amide bonds. The fourth-order valence-electron chi connectivity index (χ4n) is 1.23. The second-order valence-electron chi connectivity index (χ2n) is 2.88. The van der Waals surface area contributed by atoms with E-state index in [9.17, 15) is 4.79 Å². The van der Waals surface area contributed by atoms with Crippen LogP contribution in [0.15, 0.2) is 24.3 Å². The number of hydrogen-bond donors (Lipinski definition) is 0. The lowest BCUT2D eigenvalue weighted by Crippen LogP contribution is -2.00. The lowest BCUT2D eigenvalue weighted by Gasteiger charge is -2.04. The number of halogens is 1. The molecular weight excluding hydrogens is 216 g/mol. The molecule has 3 heteroatoms. The maximum Gasteiger partial charge on any atom is 0.193 e. The van der Waals surface area contributed by atoms with E-state index < -0.39 is 0 Å². The van der Waals surface area contributed by atoms with Gasteiger partial charge in [0, 0.05) is 12.3 Å². The fraction of sp³-hybridized carbons (Fsp3) is 0.364. The lowest BCUT2D eigenvalue weighted by atomic mass is 10.1. The Morgan fingerprint density at radius 2 is 2.00 bits per heavy atom. The highest BCUT2D eigenvalue weighted by atomic mass is 35.5. The highest BCUT2D eigenvalue weighted by molar-refractivity contribution is 8.13. The Bertz CT molecular complexity index is 312. The predicted octanol–water partition coefficient (Wildman–Crippen LogP) is 3.25. The first-order valence-corrected chi connectivity index (χ1v) is 6.08. The maximum absolute atomic E-state index is 11.4. The molecule has 0 heterocycles.